The summed E-state index contributed by atoms with van der Waals surface area (Å²) in [6.45, 7) is 7.60. The van der Waals surface area contributed by atoms with Crippen LogP contribution in [0.1, 0.15) is 39.2 Å². The highest BCUT2D eigenvalue weighted by Crippen LogP contribution is 2.35. The van der Waals surface area contributed by atoms with Gasteiger partial charge < -0.3 is 19.3 Å². The minimum atomic E-state index is -0.494. The van der Waals surface area contributed by atoms with Gasteiger partial charge in [-0.05, 0) is 51.0 Å². The van der Waals surface area contributed by atoms with Gasteiger partial charge in [0.2, 0.25) is 5.88 Å². The standard InChI is InChI=1S/C22H29N5O4/c1-22(2,3)31-21(28)26-9-7-17(8-10-26)30-20-13-19(23-14-24-20)27-11-6-15-12-16(25-29)4-5-18(15)27/h4-5,12-14,17,25,29H,6-11H2,1-3H3. The number of carbonyl (C=O) groups excluding carboxylic acids is 1. The monoisotopic (exact) mass is 427 g/mol. The van der Waals surface area contributed by atoms with Crippen LogP contribution in [0.4, 0.5) is 22.0 Å². The number of aromatic nitrogens is 2. The molecule has 1 aromatic heterocycles. The van der Waals surface area contributed by atoms with Gasteiger partial charge in [-0.1, -0.05) is 0 Å². The van der Waals surface area contributed by atoms with Crippen LogP contribution in [0.25, 0.3) is 0 Å². The van der Waals surface area contributed by atoms with Gasteiger partial charge in [0.05, 0.1) is 5.69 Å². The summed E-state index contributed by atoms with van der Waals surface area (Å²) in [5.74, 6) is 1.31. The van der Waals surface area contributed by atoms with Crippen molar-refractivity contribution in [2.75, 3.05) is 30.0 Å². The molecule has 0 bridgehead atoms. The number of amides is 1. The number of hydrogen-bond donors (Lipinski definition) is 2. The quantitative estimate of drug-likeness (QED) is 0.712. The van der Waals surface area contributed by atoms with Crippen LogP contribution in [0.15, 0.2) is 30.6 Å². The predicted octanol–water partition coefficient (Wildman–Crippen LogP) is 3.75. The van der Waals surface area contributed by atoms with E-state index in [4.69, 9.17) is 14.7 Å². The Kier molecular flexibility index (Phi) is 5.86. The lowest BCUT2D eigenvalue weighted by molar-refractivity contribution is 0.0123. The molecule has 3 heterocycles. The largest absolute Gasteiger partial charge is 0.474 e. The van der Waals surface area contributed by atoms with Crippen molar-refractivity contribution >= 4 is 23.3 Å². The van der Waals surface area contributed by atoms with Crippen molar-refractivity contribution in [2.45, 2.75) is 51.7 Å². The van der Waals surface area contributed by atoms with E-state index in [1.165, 1.54) is 6.33 Å². The molecule has 0 atom stereocenters. The summed E-state index contributed by atoms with van der Waals surface area (Å²) >= 11 is 0. The normalized spacial score (nSPS) is 16.8. The molecular formula is C22H29N5O4. The number of fused-ring (bicyclic) bond motifs is 1. The average molecular weight is 428 g/mol. The van der Waals surface area contributed by atoms with Crippen LogP contribution in [0, 0.1) is 0 Å². The van der Waals surface area contributed by atoms with Crippen LogP contribution in [0.3, 0.4) is 0 Å². The number of hydrogen-bond acceptors (Lipinski definition) is 8. The number of piperidine rings is 1. The van der Waals surface area contributed by atoms with E-state index in [9.17, 15) is 4.79 Å². The second-order valence-corrected chi connectivity index (χ2v) is 8.86. The third kappa shape index (κ3) is 4.99. The molecule has 2 N–H and O–H groups in total. The first-order chi connectivity index (χ1) is 14.8. The van der Waals surface area contributed by atoms with Crippen molar-refractivity contribution in [1.29, 1.82) is 0 Å². The molecule has 9 heteroatoms. The highest BCUT2D eigenvalue weighted by atomic mass is 16.6. The maximum atomic E-state index is 12.2. The lowest BCUT2D eigenvalue weighted by Gasteiger charge is -2.33. The van der Waals surface area contributed by atoms with Gasteiger partial charge in [0.15, 0.2) is 0 Å². The Morgan fingerprint density at radius 1 is 1.16 bits per heavy atom. The van der Waals surface area contributed by atoms with Crippen LogP contribution >= 0.6 is 0 Å². The first-order valence-electron chi connectivity index (χ1n) is 10.6. The van der Waals surface area contributed by atoms with Crippen molar-refractivity contribution in [1.82, 2.24) is 14.9 Å². The number of rotatable bonds is 4. The van der Waals surface area contributed by atoms with Crippen LogP contribution < -0.4 is 15.1 Å². The number of benzene rings is 1. The van der Waals surface area contributed by atoms with Crippen molar-refractivity contribution in [2.24, 2.45) is 0 Å². The summed E-state index contributed by atoms with van der Waals surface area (Å²) in [5.41, 5.74) is 4.58. The van der Waals surface area contributed by atoms with Gasteiger partial charge in [-0.15, -0.1) is 0 Å². The number of nitrogens with zero attached hydrogens (tertiary/aromatic N) is 4. The Hall–Kier alpha value is -3.07. The molecule has 166 valence electrons. The van der Waals surface area contributed by atoms with E-state index < -0.39 is 5.60 Å². The minimum absolute atomic E-state index is 0.00881. The Morgan fingerprint density at radius 3 is 2.65 bits per heavy atom. The topological polar surface area (TPSA) is 100 Å². The highest BCUT2D eigenvalue weighted by Gasteiger charge is 2.28. The summed E-state index contributed by atoms with van der Waals surface area (Å²) in [5, 5.41) is 9.11. The van der Waals surface area contributed by atoms with Crippen molar-refractivity contribution in [3.05, 3.63) is 36.2 Å². The third-order valence-electron chi connectivity index (χ3n) is 5.39. The van der Waals surface area contributed by atoms with Crippen molar-refractivity contribution in [3.63, 3.8) is 0 Å². The zero-order valence-electron chi connectivity index (χ0n) is 18.2. The van der Waals surface area contributed by atoms with Crippen molar-refractivity contribution in [3.8, 4) is 5.88 Å². The first kappa shape index (κ1) is 21.2. The molecule has 1 saturated heterocycles. The average Bonchev–Trinajstić information content (AvgIpc) is 3.16. The predicted molar refractivity (Wildman–Crippen MR) is 116 cm³/mol. The lowest BCUT2D eigenvalue weighted by atomic mass is 10.1. The molecule has 31 heavy (non-hydrogen) atoms. The second kappa shape index (κ2) is 8.58. The molecule has 2 aliphatic rings. The number of likely N-dealkylation sites (tertiary alicyclic amines) is 1. The van der Waals surface area contributed by atoms with Gasteiger partial charge in [-0.2, -0.15) is 0 Å². The van der Waals surface area contributed by atoms with Crippen molar-refractivity contribution < 1.29 is 19.5 Å². The molecular weight excluding hydrogens is 398 g/mol. The van der Waals surface area contributed by atoms with E-state index in [2.05, 4.69) is 20.3 Å². The zero-order chi connectivity index (χ0) is 22.0. The fourth-order valence-electron chi connectivity index (χ4n) is 3.90. The molecule has 4 rings (SSSR count). The minimum Gasteiger partial charge on any atom is -0.474 e. The molecule has 0 aliphatic carbocycles. The molecule has 1 aromatic carbocycles. The van der Waals surface area contributed by atoms with Gasteiger partial charge in [0, 0.05) is 44.2 Å². The second-order valence-electron chi connectivity index (χ2n) is 8.86. The number of carbonyl (C=O) groups is 1. The fraction of sp³-hybridized carbons (Fsp3) is 0.500. The van der Waals surface area contributed by atoms with Gasteiger partial charge >= 0.3 is 6.09 Å². The van der Waals surface area contributed by atoms with E-state index in [1.54, 1.807) is 4.90 Å². The smallest absolute Gasteiger partial charge is 0.410 e. The van der Waals surface area contributed by atoms with E-state index in [-0.39, 0.29) is 12.2 Å². The summed E-state index contributed by atoms with van der Waals surface area (Å²) in [6.07, 6.45) is 3.55. The number of ether oxygens (including phenoxy) is 2. The van der Waals surface area contributed by atoms with Gasteiger partial charge in [-0.25, -0.2) is 14.8 Å². The Labute approximate surface area is 182 Å². The number of anilines is 3. The van der Waals surface area contributed by atoms with Crippen LogP contribution in [0.2, 0.25) is 0 Å². The van der Waals surface area contributed by atoms with Crippen LogP contribution in [0.5, 0.6) is 5.88 Å². The lowest BCUT2D eigenvalue weighted by Crippen LogP contribution is -2.44. The fourth-order valence-corrected chi connectivity index (χ4v) is 3.90. The third-order valence-corrected chi connectivity index (χ3v) is 5.39. The zero-order valence-corrected chi connectivity index (χ0v) is 18.2. The molecule has 0 saturated carbocycles. The maximum Gasteiger partial charge on any atom is 0.410 e. The van der Waals surface area contributed by atoms with E-state index >= 15 is 0 Å². The molecule has 1 amide bonds. The highest BCUT2D eigenvalue weighted by molar-refractivity contribution is 5.70. The molecule has 0 spiro atoms. The summed E-state index contributed by atoms with van der Waals surface area (Å²) < 4.78 is 11.6. The molecule has 2 aromatic rings. The summed E-state index contributed by atoms with van der Waals surface area (Å²) in [6, 6.07) is 7.59. The Balaban J connectivity index is 1.37. The molecule has 2 aliphatic heterocycles. The summed E-state index contributed by atoms with van der Waals surface area (Å²) in [7, 11) is 0. The first-order valence-corrected chi connectivity index (χ1v) is 10.6. The van der Waals surface area contributed by atoms with Gasteiger partial charge in [-0.3, -0.25) is 10.7 Å². The molecule has 0 unspecified atom stereocenters. The molecule has 0 radical (unpaired) electrons. The Bertz CT molecular complexity index is 938. The van der Waals surface area contributed by atoms with E-state index in [0.717, 1.165) is 42.9 Å². The summed E-state index contributed by atoms with van der Waals surface area (Å²) in [4.78, 5) is 24.8. The SMILES string of the molecule is CC(C)(C)OC(=O)N1CCC(Oc2cc(N3CCc4cc(NO)ccc43)ncn2)CC1. The van der Waals surface area contributed by atoms with E-state index in [1.807, 2.05) is 45.0 Å². The van der Waals surface area contributed by atoms with Gasteiger partial charge in [0.25, 0.3) is 0 Å². The van der Waals surface area contributed by atoms with Gasteiger partial charge in [0.1, 0.15) is 23.9 Å². The Morgan fingerprint density at radius 2 is 1.94 bits per heavy atom. The van der Waals surface area contributed by atoms with E-state index in [0.29, 0.717) is 24.7 Å². The number of nitrogens with one attached hydrogen (secondary N) is 1. The maximum absolute atomic E-state index is 12.2. The molecule has 1 fully saturated rings. The van der Waals surface area contributed by atoms with Crippen LogP contribution in [-0.4, -0.2) is 57.5 Å². The molecule has 9 nitrogen and oxygen atoms in total. The van der Waals surface area contributed by atoms with Crippen LogP contribution in [-0.2, 0) is 11.2 Å².